The highest BCUT2D eigenvalue weighted by Crippen LogP contribution is 2.56. The monoisotopic (exact) mass is 477 g/mol. The number of benzene rings is 2. The van der Waals surface area contributed by atoms with Crippen LogP contribution in [0, 0.1) is 16.7 Å². The van der Waals surface area contributed by atoms with Crippen molar-refractivity contribution in [3.63, 3.8) is 0 Å². The number of imidazole rings is 1. The maximum absolute atomic E-state index is 13.0. The number of carbonyl (C=O) groups is 3. The summed E-state index contributed by atoms with van der Waals surface area (Å²) >= 11 is 0. The molecule has 0 unspecified atom stereocenters. The highest BCUT2D eigenvalue weighted by atomic mass is 16.4. The smallest absolute Gasteiger partial charge is 0.326 e. The number of amides is 1. The predicted octanol–water partition coefficient (Wildman–Crippen LogP) is 3.72. The van der Waals surface area contributed by atoms with Crippen LogP contribution < -0.4 is 5.32 Å². The molecular weight excluding hydrogens is 446 g/mol. The lowest BCUT2D eigenvalue weighted by Crippen LogP contribution is -2.49. The van der Waals surface area contributed by atoms with E-state index in [9.17, 15) is 24.6 Å². The molecule has 3 N–H and O–H groups in total. The van der Waals surface area contributed by atoms with E-state index in [2.05, 4.69) is 40.6 Å². The van der Waals surface area contributed by atoms with Crippen LogP contribution >= 0.6 is 0 Å². The van der Waals surface area contributed by atoms with Crippen LogP contribution in [0.3, 0.4) is 0 Å². The molecule has 0 saturated heterocycles. The molecular formula is C27H31N3O5. The van der Waals surface area contributed by atoms with Gasteiger partial charge in [-0.15, -0.1) is 0 Å². The Hall–Kier alpha value is -3.68. The zero-order valence-electron chi connectivity index (χ0n) is 20.2. The number of aromatic nitrogens is 2. The van der Waals surface area contributed by atoms with E-state index >= 15 is 0 Å². The Kier molecular flexibility index (Phi) is 6.40. The molecule has 0 spiro atoms. The molecule has 0 bridgehead atoms. The fourth-order valence-corrected chi connectivity index (χ4v) is 5.17. The van der Waals surface area contributed by atoms with Crippen molar-refractivity contribution in [2.45, 2.75) is 52.6 Å². The molecule has 1 fully saturated rings. The van der Waals surface area contributed by atoms with Gasteiger partial charge in [0.2, 0.25) is 5.91 Å². The number of hydrogen-bond donors (Lipinski definition) is 3. The normalized spacial score (nSPS) is 22.1. The number of carbonyl (C=O) groups excluding carboxylic acids is 1. The maximum atomic E-state index is 13.0. The highest BCUT2D eigenvalue weighted by molar-refractivity contribution is 5.87. The summed E-state index contributed by atoms with van der Waals surface area (Å²) in [6.07, 6.45) is 4.25. The maximum Gasteiger partial charge on any atom is 0.326 e. The third-order valence-corrected chi connectivity index (χ3v) is 7.91. The van der Waals surface area contributed by atoms with E-state index in [1.807, 2.05) is 16.7 Å². The van der Waals surface area contributed by atoms with Crippen LogP contribution in [-0.4, -0.2) is 43.7 Å². The van der Waals surface area contributed by atoms with Crippen molar-refractivity contribution in [1.82, 2.24) is 14.9 Å². The van der Waals surface area contributed by atoms with Crippen LogP contribution in [0.1, 0.15) is 44.9 Å². The lowest BCUT2D eigenvalue weighted by Gasteiger charge is -2.38. The predicted molar refractivity (Wildman–Crippen MR) is 131 cm³/mol. The quantitative estimate of drug-likeness (QED) is 0.455. The first-order chi connectivity index (χ1) is 16.5. The van der Waals surface area contributed by atoms with Crippen molar-refractivity contribution in [2.75, 3.05) is 0 Å². The lowest BCUT2D eigenvalue weighted by atomic mass is 9.65. The molecule has 1 aliphatic carbocycles. The molecule has 8 heteroatoms. The average Bonchev–Trinajstić information content (AvgIpc) is 3.34. The third-order valence-electron chi connectivity index (χ3n) is 7.91. The summed E-state index contributed by atoms with van der Waals surface area (Å²) < 4.78 is 1.89. The van der Waals surface area contributed by atoms with E-state index in [1.54, 1.807) is 33.3 Å². The van der Waals surface area contributed by atoms with E-state index in [-0.39, 0.29) is 6.42 Å². The molecule has 8 nitrogen and oxygen atoms in total. The van der Waals surface area contributed by atoms with Crippen LogP contribution in [0.2, 0.25) is 0 Å². The molecule has 35 heavy (non-hydrogen) atoms. The summed E-state index contributed by atoms with van der Waals surface area (Å²) in [5.74, 6) is -3.11. The number of rotatable bonds is 8. The van der Waals surface area contributed by atoms with E-state index < -0.39 is 40.6 Å². The molecule has 1 aliphatic rings. The molecule has 2 aromatic carbocycles. The molecule has 184 valence electrons. The first-order valence-corrected chi connectivity index (χ1v) is 11.8. The minimum atomic E-state index is -1.15. The van der Waals surface area contributed by atoms with Gasteiger partial charge < -0.3 is 20.1 Å². The molecule has 1 aromatic heterocycles. The van der Waals surface area contributed by atoms with Gasteiger partial charge in [0.1, 0.15) is 6.04 Å². The number of hydrogen-bond acceptors (Lipinski definition) is 4. The summed E-state index contributed by atoms with van der Waals surface area (Å²) in [4.78, 5) is 41.2. The first kappa shape index (κ1) is 24.4. The van der Waals surface area contributed by atoms with E-state index in [1.165, 1.54) is 0 Å². The topological polar surface area (TPSA) is 122 Å². The lowest BCUT2D eigenvalue weighted by molar-refractivity contribution is -0.155. The van der Waals surface area contributed by atoms with Gasteiger partial charge in [-0.25, -0.2) is 9.78 Å². The van der Waals surface area contributed by atoms with Crippen LogP contribution in [-0.2, 0) is 27.3 Å². The zero-order valence-corrected chi connectivity index (χ0v) is 20.2. The van der Waals surface area contributed by atoms with Gasteiger partial charge in [-0.3, -0.25) is 9.59 Å². The fraction of sp³-hybridized carbons (Fsp3) is 0.407. The summed E-state index contributed by atoms with van der Waals surface area (Å²) in [6.45, 7) is 5.77. The van der Waals surface area contributed by atoms with Gasteiger partial charge in [0.25, 0.3) is 0 Å². The number of aliphatic carboxylic acids is 2. The molecule has 0 radical (unpaired) electrons. The van der Waals surface area contributed by atoms with Crippen molar-refractivity contribution >= 4 is 28.6 Å². The molecule has 1 amide bonds. The van der Waals surface area contributed by atoms with Gasteiger partial charge in [0, 0.05) is 25.1 Å². The van der Waals surface area contributed by atoms with Crippen LogP contribution in [0.4, 0.5) is 0 Å². The molecule has 3 aromatic rings. The second-order valence-electron chi connectivity index (χ2n) is 10.3. The molecule has 4 rings (SSSR count). The van der Waals surface area contributed by atoms with Crippen molar-refractivity contribution < 1.29 is 24.6 Å². The Bertz CT molecular complexity index is 1280. The largest absolute Gasteiger partial charge is 0.481 e. The fourth-order valence-electron chi connectivity index (χ4n) is 5.17. The second-order valence-corrected chi connectivity index (χ2v) is 10.3. The Morgan fingerprint density at radius 1 is 1.11 bits per heavy atom. The van der Waals surface area contributed by atoms with Gasteiger partial charge in [-0.05, 0) is 47.6 Å². The summed E-state index contributed by atoms with van der Waals surface area (Å²) in [6, 6.07) is 13.2. The third kappa shape index (κ3) is 4.65. The molecule has 3 atom stereocenters. The summed E-state index contributed by atoms with van der Waals surface area (Å²) in [5, 5.41) is 24.4. The van der Waals surface area contributed by atoms with Gasteiger partial charge in [-0.1, -0.05) is 50.2 Å². The van der Waals surface area contributed by atoms with Crippen molar-refractivity contribution in [3.8, 4) is 0 Å². The van der Waals surface area contributed by atoms with E-state index in [4.69, 9.17) is 0 Å². The number of carboxylic acids is 2. The minimum Gasteiger partial charge on any atom is -0.481 e. The van der Waals surface area contributed by atoms with E-state index in [0.717, 1.165) is 16.3 Å². The molecule has 1 saturated carbocycles. The Morgan fingerprint density at radius 2 is 1.83 bits per heavy atom. The second kappa shape index (κ2) is 9.17. The highest BCUT2D eigenvalue weighted by Gasteiger charge is 2.58. The van der Waals surface area contributed by atoms with Gasteiger partial charge in [-0.2, -0.15) is 0 Å². The zero-order chi connectivity index (χ0) is 25.4. The SMILES string of the molecule is CC1(C)[C@@H](C(=O)N[C@@H](Cc2cn(Cc3ccc4ccccc4c3)cn2)C(=O)O)CC[C@@]1(C)C(=O)O. The van der Waals surface area contributed by atoms with Gasteiger partial charge >= 0.3 is 11.9 Å². The van der Waals surface area contributed by atoms with Crippen LogP contribution in [0.15, 0.2) is 55.0 Å². The molecule has 0 aliphatic heterocycles. The van der Waals surface area contributed by atoms with E-state index in [0.29, 0.717) is 25.1 Å². The number of carboxylic acid groups (broad SMARTS) is 2. The Morgan fingerprint density at radius 3 is 2.49 bits per heavy atom. The summed E-state index contributed by atoms with van der Waals surface area (Å²) in [7, 11) is 0. The number of nitrogens with one attached hydrogen (secondary N) is 1. The first-order valence-electron chi connectivity index (χ1n) is 11.8. The summed E-state index contributed by atoms with van der Waals surface area (Å²) in [5.41, 5.74) is -0.205. The standard InChI is InChI=1S/C27H31N3O5/c1-26(2)21(10-11-27(26,3)25(34)35)23(31)29-22(24(32)33)13-20-15-30(16-28-20)14-17-8-9-18-6-4-5-7-19(18)12-17/h4-9,12,15-16,21-22H,10-11,13-14H2,1-3H3,(H,29,31)(H,32,33)(H,34,35)/t21-,22+,27+/m1/s1. The number of fused-ring (bicyclic) bond motifs is 1. The van der Waals surface area contributed by atoms with Crippen LogP contribution in [0.25, 0.3) is 10.8 Å². The number of nitrogens with zero attached hydrogens (tertiary/aromatic N) is 2. The molecule has 1 heterocycles. The van der Waals surface area contributed by atoms with Gasteiger partial charge in [0.15, 0.2) is 0 Å². The van der Waals surface area contributed by atoms with Gasteiger partial charge in [0.05, 0.1) is 17.4 Å². The Labute approximate surface area is 204 Å². The average molecular weight is 478 g/mol. The van der Waals surface area contributed by atoms with Crippen molar-refractivity contribution in [1.29, 1.82) is 0 Å². The minimum absolute atomic E-state index is 0.0368. The van der Waals surface area contributed by atoms with Crippen molar-refractivity contribution in [3.05, 3.63) is 66.2 Å². The van der Waals surface area contributed by atoms with Crippen molar-refractivity contribution in [2.24, 2.45) is 16.7 Å². The Balaban J connectivity index is 1.43. The van der Waals surface area contributed by atoms with Crippen LogP contribution in [0.5, 0.6) is 0 Å².